The molecule has 0 bridgehead atoms. The van der Waals surface area contributed by atoms with Crippen molar-refractivity contribution in [3.05, 3.63) is 17.0 Å². The summed E-state index contributed by atoms with van der Waals surface area (Å²) < 4.78 is 0. The third kappa shape index (κ3) is 2.80. The second kappa shape index (κ2) is 5.65. The molecular formula is C14H23N3O. The minimum Gasteiger partial charge on any atom is -0.393 e. The van der Waals surface area contributed by atoms with Crippen molar-refractivity contribution in [1.82, 2.24) is 9.97 Å². The molecule has 2 heterocycles. The van der Waals surface area contributed by atoms with Crippen LogP contribution in [0.3, 0.4) is 0 Å². The molecule has 1 aliphatic rings. The Balaban J connectivity index is 2.27. The van der Waals surface area contributed by atoms with E-state index >= 15 is 0 Å². The van der Waals surface area contributed by atoms with Gasteiger partial charge >= 0.3 is 0 Å². The number of hydrogen-bond donors (Lipinski definition) is 1. The molecule has 0 aromatic carbocycles. The van der Waals surface area contributed by atoms with Crippen molar-refractivity contribution in [3.8, 4) is 0 Å². The Hall–Kier alpha value is -1.16. The summed E-state index contributed by atoms with van der Waals surface area (Å²) in [6.45, 7) is 8.17. The highest BCUT2D eigenvalue weighted by molar-refractivity contribution is 5.37. The fourth-order valence-corrected chi connectivity index (χ4v) is 2.30. The molecule has 0 radical (unpaired) electrons. The van der Waals surface area contributed by atoms with Gasteiger partial charge in [-0.15, -0.1) is 0 Å². The second-order valence-corrected chi connectivity index (χ2v) is 5.14. The molecule has 1 atom stereocenters. The number of anilines is 1. The average molecular weight is 249 g/mol. The Morgan fingerprint density at radius 3 is 2.50 bits per heavy atom. The molecule has 1 saturated heterocycles. The normalized spacial score (nSPS) is 17.2. The largest absolute Gasteiger partial charge is 0.393 e. The number of aliphatic hydroxyl groups excluding tert-OH is 1. The fraction of sp³-hybridized carbons (Fsp3) is 0.714. The first-order valence-corrected chi connectivity index (χ1v) is 6.89. The lowest BCUT2D eigenvalue weighted by atomic mass is 10.1. The maximum Gasteiger partial charge on any atom is 0.225 e. The molecule has 0 aliphatic carbocycles. The maximum atomic E-state index is 9.81. The molecule has 2 rings (SSSR count). The van der Waals surface area contributed by atoms with Crippen molar-refractivity contribution < 1.29 is 5.11 Å². The van der Waals surface area contributed by atoms with Gasteiger partial charge in [-0.3, -0.25) is 0 Å². The number of aromatic nitrogens is 2. The third-order valence-corrected chi connectivity index (χ3v) is 3.77. The van der Waals surface area contributed by atoms with Crippen LogP contribution in [-0.2, 0) is 6.42 Å². The molecule has 18 heavy (non-hydrogen) atoms. The van der Waals surface area contributed by atoms with Crippen molar-refractivity contribution in [1.29, 1.82) is 0 Å². The topological polar surface area (TPSA) is 49.3 Å². The van der Waals surface area contributed by atoms with E-state index in [0.29, 0.717) is 6.42 Å². The molecule has 1 unspecified atom stereocenters. The van der Waals surface area contributed by atoms with Crippen LogP contribution in [0.25, 0.3) is 0 Å². The van der Waals surface area contributed by atoms with Crippen molar-refractivity contribution in [2.24, 2.45) is 0 Å². The molecule has 0 saturated carbocycles. The van der Waals surface area contributed by atoms with Crippen molar-refractivity contribution in [2.75, 3.05) is 18.0 Å². The second-order valence-electron chi connectivity index (χ2n) is 5.14. The van der Waals surface area contributed by atoms with Gasteiger partial charge in [0.15, 0.2) is 0 Å². The first-order chi connectivity index (χ1) is 8.61. The van der Waals surface area contributed by atoms with Crippen LogP contribution in [0.15, 0.2) is 0 Å². The lowest BCUT2D eigenvalue weighted by molar-refractivity contribution is 0.169. The predicted molar refractivity (Wildman–Crippen MR) is 73.0 cm³/mol. The van der Waals surface area contributed by atoms with Crippen molar-refractivity contribution >= 4 is 5.95 Å². The van der Waals surface area contributed by atoms with Gasteiger partial charge in [0.25, 0.3) is 0 Å². The molecular weight excluding hydrogens is 226 g/mol. The summed E-state index contributed by atoms with van der Waals surface area (Å²) in [5.41, 5.74) is 3.15. The number of hydrogen-bond acceptors (Lipinski definition) is 4. The fourth-order valence-electron chi connectivity index (χ4n) is 2.30. The quantitative estimate of drug-likeness (QED) is 0.886. The van der Waals surface area contributed by atoms with Gasteiger partial charge in [-0.05, 0) is 38.7 Å². The van der Waals surface area contributed by atoms with Crippen LogP contribution < -0.4 is 4.90 Å². The predicted octanol–water partition coefficient (Wildman–Crippen LogP) is 2.01. The highest BCUT2D eigenvalue weighted by atomic mass is 16.3. The number of rotatable bonds is 4. The standard InChI is InChI=1S/C14H23N3O/c1-4-12(18)9-13-10(2)11(3)15-14(16-13)17-7-5-6-8-17/h12,18H,4-9H2,1-3H3. The smallest absolute Gasteiger partial charge is 0.225 e. The monoisotopic (exact) mass is 249 g/mol. The van der Waals surface area contributed by atoms with Crippen LogP contribution in [0.5, 0.6) is 0 Å². The van der Waals surface area contributed by atoms with E-state index in [0.717, 1.165) is 42.4 Å². The Morgan fingerprint density at radius 1 is 1.22 bits per heavy atom. The lowest BCUT2D eigenvalue weighted by Crippen LogP contribution is -2.23. The highest BCUT2D eigenvalue weighted by Crippen LogP contribution is 2.20. The van der Waals surface area contributed by atoms with E-state index < -0.39 is 0 Å². The molecule has 0 spiro atoms. The molecule has 1 N–H and O–H groups in total. The van der Waals surface area contributed by atoms with Gasteiger partial charge in [0.2, 0.25) is 5.95 Å². The minimum atomic E-state index is -0.301. The van der Waals surface area contributed by atoms with Gasteiger partial charge < -0.3 is 10.0 Å². The highest BCUT2D eigenvalue weighted by Gasteiger charge is 2.18. The summed E-state index contributed by atoms with van der Waals surface area (Å²) in [7, 11) is 0. The van der Waals surface area contributed by atoms with E-state index in [9.17, 15) is 5.11 Å². The van der Waals surface area contributed by atoms with Crippen molar-refractivity contribution in [3.63, 3.8) is 0 Å². The zero-order chi connectivity index (χ0) is 13.1. The molecule has 4 heteroatoms. The van der Waals surface area contributed by atoms with E-state index in [1.54, 1.807) is 0 Å². The number of nitrogens with zero attached hydrogens (tertiary/aromatic N) is 3. The minimum absolute atomic E-state index is 0.301. The first kappa shape index (κ1) is 13.3. The molecule has 1 aromatic rings. The SMILES string of the molecule is CCC(O)Cc1nc(N2CCCC2)nc(C)c1C. The molecule has 100 valence electrons. The molecule has 1 fully saturated rings. The molecule has 1 aromatic heterocycles. The summed E-state index contributed by atoms with van der Waals surface area (Å²) in [6, 6.07) is 0. The Kier molecular flexibility index (Phi) is 4.17. The average Bonchev–Trinajstić information content (AvgIpc) is 2.88. The zero-order valence-electron chi connectivity index (χ0n) is 11.6. The van der Waals surface area contributed by atoms with Gasteiger partial charge in [-0.25, -0.2) is 9.97 Å². The first-order valence-electron chi connectivity index (χ1n) is 6.89. The summed E-state index contributed by atoms with van der Waals surface area (Å²) in [5, 5.41) is 9.81. The molecule has 1 aliphatic heterocycles. The Bertz CT molecular complexity index is 414. The van der Waals surface area contributed by atoms with Gasteiger partial charge in [0.1, 0.15) is 0 Å². The van der Waals surface area contributed by atoms with E-state index in [1.807, 2.05) is 20.8 Å². The summed E-state index contributed by atoms with van der Waals surface area (Å²) in [4.78, 5) is 11.5. The van der Waals surface area contributed by atoms with Crippen LogP contribution in [0.1, 0.15) is 43.1 Å². The van der Waals surface area contributed by atoms with Crippen LogP contribution in [0.4, 0.5) is 5.95 Å². The van der Waals surface area contributed by atoms with Crippen LogP contribution in [0.2, 0.25) is 0 Å². The van der Waals surface area contributed by atoms with Crippen LogP contribution >= 0.6 is 0 Å². The van der Waals surface area contributed by atoms with E-state index in [-0.39, 0.29) is 6.10 Å². The van der Waals surface area contributed by atoms with E-state index in [4.69, 9.17) is 0 Å². The van der Waals surface area contributed by atoms with Gasteiger partial charge in [0, 0.05) is 25.2 Å². The third-order valence-electron chi connectivity index (χ3n) is 3.77. The zero-order valence-corrected chi connectivity index (χ0v) is 11.6. The maximum absolute atomic E-state index is 9.81. The van der Waals surface area contributed by atoms with Crippen molar-refractivity contribution in [2.45, 2.75) is 52.6 Å². The molecule has 0 amide bonds. The van der Waals surface area contributed by atoms with Crippen LogP contribution in [0, 0.1) is 13.8 Å². The van der Waals surface area contributed by atoms with E-state index in [1.165, 1.54) is 12.8 Å². The Labute approximate surface area is 109 Å². The number of aryl methyl sites for hydroxylation is 1. The lowest BCUT2D eigenvalue weighted by Gasteiger charge is -2.19. The van der Waals surface area contributed by atoms with Crippen LogP contribution in [-0.4, -0.2) is 34.3 Å². The summed E-state index contributed by atoms with van der Waals surface area (Å²) in [6.07, 6.45) is 3.55. The van der Waals surface area contributed by atoms with E-state index in [2.05, 4.69) is 14.9 Å². The van der Waals surface area contributed by atoms with Gasteiger partial charge in [-0.2, -0.15) is 0 Å². The Morgan fingerprint density at radius 2 is 1.89 bits per heavy atom. The van der Waals surface area contributed by atoms with Gasteiger partial charge in [0.05, 0.1) is 11.8 Å². The number of aliphatic hydroxyl groups is 1. The van der Waals surface area contributed by atoms with Gasteiger partial charge in [-0.1, -0.05) is 6.92 Å². The summed E-state index contributed by atoms with van der Waals surface area (Å²) >= 11 is 0. The summed E-state index contributed by atoms with van der Waals surface area (Å²) in [5.74, 6) is 0.842. The molecule has 4 nitrogen and oxygen atoms in total.